The van der Waals surface area contributed by atoms with Crippen molar-refractivity contribution in [2.24, 2.45) is 0 Å². The zero-order valence-corrected chi connectivity index (χ0v) is 11.9. The topological polar surface area (TPSA) is 35.0 Å². The third-order valence-corrected chi connectivity index (χ3v) is 2.73. The van der Waals surface area contributed by atoms with Gasteiger partial charge in [0.2, 0.25) is 0 Å². The summed E-state index contributed by atoms with van der Waals surface area (Å²) in [6, 6.07) is 11.6. The standard InChI is InChI=1S/C17H18N2O/c1-3-5-15-10-11-16(19-18-15)9-6-14-7-12-17(13-8-14)20-4-2/h7-8,10-13H,3-5H2,1-2H3. The van der Waals surface area contributed by atoms with Crippen molar-refractivity contribution >= 4 is 0 Å². The van der Waals surface area contributed by atoms with E-state index in [1.54, 1.807) is 0 Å². The molecule has 0 atom stereocenters. The van der Waals surface area contributed by atoms with Crippen LogP contribution in [0.15, 0.2) is 36.4 Å². The SMILES string of the molecule is CCCc1ccc(C#Cc2ccc(OCC)cc2)nn1. The van der Waals surface area contributed by atoms with Gasteiger partial charge in [0.15, 0.2) is 0 Å². The average molecular weight is 266 g/mol. The fraction of sp³-hybridized carbons (Fsp3) is 0.294. The molecule has 1 aromatic carbocycles. The van der Waals surface area contributed by atoms with Crippen molar-refractivity contribution < 1.29 is 4.74 Å². The molecule has 0 bridgehead atoms. The molecular weight excluding hydrogens is 248 g/mol. The van der Waals surface area contributed by atoms with Crippen molar-refractivity contribution in [1.82, 2.24) is 10.2 Å². The molecule has 2 aromatic rings. The highest BCUT2D eigenvalue weighted by atomic mass is 16.5. The summed E-state index contributed by atoms with van der Waals surface area (Å²) in [5, 5.41) is 8.26. The van der Waals surface area contributed by atoms with Crippen molar-refractivity contribution in [3.8, 4) is 17.6 Å². The van der Waals surface area contributed by atoms with Crippen LogP contribution in [0.25, 0.3) is 0 Å². The molecule has 0 unspecified atom stereocenters. The number of ether oxygens (including phenoxy) is 1. The highest BCUT2D eigenvalue weighted by molar-refractivity contribution is 5.42. The van der Waals surface area contributed by atoms with Crippen LogP contribution in [-0.4, -0.2) is 16.8 Å². The molecule has 0 saturated heterocycles. The first-order valence-corrected chi connectivity index (χ1v) is 6.89. The van der Waals surface area contributed by atoms with E-state index < -0.39 is 0 Å². The predicted octanol–water partition coefficient (Wildman–Crippen LogP) is 3.23. The lowest BCUT2D eigenvalue weighted by Crippen LogP contribution is -1.94. The average Bonchev–Trinajstić information content (AvgIpc) is 2.49. The summed E-state index contributed by atoms with van der Waals surface area (Å²) in [6.07, 6.45) is 2.03. The number of rotatable bonds is 4. The van der Waals surface area contributed by atoms with Gasteiger partial charge < -0.3 is 4.74 Å². The van der Waals surface area contributed by atoms with Gasteiger partial charge >= 0.3 is 0 Å². The third kappa shape index (κ3) is 4.10. The van der Waals surface area contributed by atoms with Crippen molar-refractivity contribution in [3.05, 3.63) is 53.3 Å². The second-order valence-corrected chi connectivity index (χ2v) is 4.37. The van der Waals surface area contributed by atoms with Gasteiger partial charge in [-0.1, -0.05) is 19.3 Å². The lowest BCUT2D eigenvalue weighted by atomic mass is 10.2. The van der Waals surface area contributed by atoms with Crippen LogP contribution in [0.2, 0.25) is 0 Å². The van der Waals surface area contributed by atoms with Crippen molar-refractivity contribution in [2.75, 3.05) is 6.61 Å². The molecule has 0 saturated carbocycles. The summed E-state index contributed by atoms with van der Waals surface area (Å²) in [4.78, 5) is 0. The lowest BCUT2D eigenvalue weighted by Gasteiger charge is -2.01. The Morgan fingerprint density at radius 1 is 0.950 bits per heavy atom. The Balaban J connectivity index is 2.05. The number of aryl methyl sites for hydroxylation is 1. The van der Waals surface area contributed by atoms with Crippen molar-refractivity contribution in [3.63, 3.8) is 0 Å². The molecule has 1 heterocycles. The molecule has 3 heteroatoms. The van der Waals surface area contributed by atoms with E-state index in [1.165, 1.54) is 0 Å². The van der Waals surface area contributed by atoms with E-state index in [4.69, 9.17) is 4.74 Å². The minimum absolute atomic E-state index is 0.671. The predicted molar refractivity (Wildman–Crippen MR) is 79.6 cm³/mol. The Bertz CT molecular complexity index is 538. The van der Waals surface area contributed by atoms with Crippen molar-refractivity contribution in [2.45, 2.75) is 26.7 Å². The van der Waals surface area contributed by atoms with Gasteiger partial charge in [-0.15, -0.1) is 5.10 Å². The van der Waals surface area contributed by atoms with Crippen LogP contribution < -0.4 is 4.74 Å². The summed E-state index contributed by atoms with van der Waals surface area (Å²) >= 11 is 0. The zero-order valence-electron chi connectivity index (χ0n) is 11.9. The van der Waals surface area contributed by atoms with Gasteiger partial charge in [0.25, 0.3) is 0 Å². The number of nitrogens with zero attached hydrogens (tertiary/aromatic N) is 2. The summed E-state index contributed by atoms with van der Waals surface area (Å²) < 4.78 is 5.39. The largest absolute Gasteiger partial charge is 0.494 e. The Labute approximate surface area is 120 Å². The van der Waals surface area contributed by atoms with Gasteiger partial charge in [-0.05, 0) is 55.7 Å². The lowest BCUT2D eigenvalue weighted by molar-refractivity contribution is 0.340. The maximum Gasteiger partial charge on any atom is 0.136 e. The fourth-order valence-corrected chi connectivity index (χ4v) is 1.75. The molecule has 0 aliphatic heterocycles. The molecular formula is C17H18N2O. The minimum atomic E-state index is 0.671. The van der Waals surface area contributed by atoms with E-state index in [-0.39, 0.29) is 0 Å². The maximum absolute atomic E-state index is 5.39. The first-order valence-electron chi connectivity index (χ1n) is 6.89. The molecule has 0 spiro atoms. The molecule has 0 aliphatic carbocycles. The monoisotopic (exact) mass is 266 g/mol. The quantitative estimate of drug-likeness (QED) is 0.797. The summed E-state index contributed by atoms with van der Waals surface area (Å²) in [7, 11) is 0. The van der Waals surface area contributed by atoms with Gasteiger partial charge in [-0.25, -0.2) is 0 Å². The maximum atomic E-state index is 5.39. The summed E-state index contributed by atoms with van der Waals surface area (Å²) in [6.45, 7) is 4.76. The number of aromatic nitrogens is 2. The number of benzene rings is 1. The normalized spacial score (nSPS) is 9.70. The van der Waals surface area contributed by atoms with Gasteiger partial charge in [0.05, 0.1) is 12.3 Å². The van der Waals surface area contributed by atoms with Crippen LogP contribution in [0.3, 0.4) is 0 Å². The molecule has 102 valence electrons. The van der Waals surface area contributed by atoms with Crippen LogP contribution in [0.1, 0.15) is 37.2 Å². The molecule has 0 N–H and O–H groups in total. The molecule has 3 nitrogen and oxygen atoms in total. The van der Waals surface area contributed by atoms with E-state index in [1.807, 2.05) is 43.3 Å². The Hall–Kier alpha value is -2.34. The van der Waals surface area contributed by atoms with Crippen LogP contribution >= 0.6 is 0 Å². The first-order chi connectivity index (χ1) is 9.81. The second kappa shape index (κ2) is 7.30. The molecule has 0 amide bonds. The molecule has 0 fully saturated rings. The molecule has 20 heavy (non-hydrogen) atoms. The number of hydrogen-bond donors (Lipinski definition) is 0. The van der Waals surface area contributed by atoms with Crippen LogP contribution in [-0.2, 0) is 6.42 Å². The smallest absolute Gasteiger partial charge is 0.136 e. The molecule has 2 rings (SSSR count). The zero-order chi connectivity index (χ0) is 14.2. The van der Waals surface area contributed by atoms with Crippen LogP contribution in [0.4, 0.5) is 0 Å². The third-order valence-electron chi connectivity index (χ3n) is 2.73. The van der Waals surface area contributed by atoms with Crippen molar-refractivity contribution in [1.29, 1.82) is 0 Å². The summed E-state index contributed by atoms with van der Waals surface area (Å²) in [5.74, 6) is 6.95. The van der Waals surface area contributed by atoms with Gasteiger partial charge in [0, 0.05) is 5.56 Å². The first kappa shape index (κ1) is 14.1. The van der Waals surface area contributed by atoms with E-state index in [0.29, 0.717) is 12.3 Å². The number of hydrogen-bond acceptors (Lipinski definition) is 3. The highest BCUT2D eigenvalue weighted by Crippen LogP contribution is 2.11. The Morgan fingerprint density at radius 3 is 2.35 bits per heavy atom. The van der Waals surface area contributed by atoms with Gasteiger partial charge in [-0.2, -0.15) is 5.10 Å². The fourth-order valence-electron chi connectivity index (χ4n) is 1.75. The van der Waals surface area contributed by atoms with Crippen LogP contribution in [0, 0.1) is 11.8 Å². The molecule has 0 aliphatic rings. The Morgan fingerprint density at radius 2 is 1.75 bits per heavy atom. The second-order valence-electron chi connectivity index (χ2n) is 4.37. The van der Waals surface area contributed by atoms with Gasteiger partial charge in [0.1, 0.15) is 11.4 Å². The minimum Gasteiger partial charge on any atom is -0.494 e. The van der Waals surface area contributed by atoms with E-state index in [9.17, 15) is 0 Å². The van der Waals surface area contributed by atoms with E-state index in [2.05, 4.69) is 29.0 Å². The van der Waals surface area contributed by atoms with E-state index >= 15 is 0 Å². The van der Waals surface area contributed by atoms with Gasteiger partial charge in [-0.3, -0.25) is 0 Å². The summed E-state index contributed by atoms with van der Waals surface area (Å²) in [5.41, 5.74) is 2.64. The molecule has 0 radical (unpaired) electrons. The highest BCUT2D eigenvalue weighted by Gasteiger charge is 1.95. The van der Waals surface area contributed by atoms with Crippen LogP contribution in [0.5, 0.6) is 5.75 Å². The molecule has 1 aromatic heterocycles. The Kier molecular flexibility index (Phi) is 5.14. The van der Waals surface area contributed by atoms with E-state index in [0.717, 1.165) is 29.8 Å².